The lowest BCUT2D eigenvalue weighted by molar-refractivity contribution is -0.123. The Balaban J connectivity index is 2.27. The Labute approximate surface area is 101 Å². The lowest BCUT2D eigenvalue weighted by Gasteiger charge is -2.13. The number of nitrogens with zero attached hydrogens (tertiary/aromatic N) is 3. The number of hydrogen-bond donors (Lipinski definition) is 2. The minimum Gasteiger partial charge on any atom is -0.383 e. The highest BCUT2D eigenvalue weighted by Crippen LogP contribution is 1.92. The van der Waals surface area contributed by atoms with E-state index in [-0.39, 0.29) is 11.9 Å². The fourth-order valence-electron chi connectivity index (χ4n) is 1.23. The van der Waals surface area contributed by atoms with Crippen molar-refractivity contribution in [3.63, 3.8) is 0 Å². The van der Waals surface area contributed by atoms with Crippen LogP contribution in [0.4, 0.5) is 0 Å². The van der Waals surface area contributed by atoms with Crippen molar-refractivity contribution in [2.24, 2.45) is 7.05 Å². The number of rotatable bonds is 7. The number of amides is 1. The molecule has 1 rings (SSSR count). The third-order valence-electron chi connectivity index (χ3n) is 2.37. The molecule has 0 aliphatic heterocycles. The van der Waals surface area contributed by atoms with Crippen molar-refractivity contribution in [3.05, 3.63) is 12.2 Å². The number of aryl methyl sites for hydroxylation is 1. The van der Waals surface area contributed by atoms with E-state index in [1.54, 1.807) is 20.4 Å². The normalized spacial score (nSPS) is 12.4. The molecule has 1 unspecified atom stereocenters. The summed E-state index contributed by atoms with van der Waals surface area (Å²) in [4.78, 5) is 11.6. The van der Waals surface area contributed by atoms with E-state index in [1.165, 1.54) is 0 Å². The highest BCUT2D eigenvalue weighted by molar-refractivity contribution is 5.81. The van der Waals surface area contributed by atoms with E-state index in [2.05, 4.69) is 20.8 Å². The topological polar surface area (TPSA) is 81.1 Å². The first kappa shape index (κ1) is 13.6. The molecule has 0 saturated carbocycles. The second kappa shape index (κ2) is 6.97. The minimum atomic E-state index is -0.274. The SMILES string of the molecule is COCCNC(=O)C(C)NCc1nncn1C. The number of methoxy groups -OCH3 is 1. The van der Waals surface area contributed by atoms with Gasteiger partial charge in [-0.2, -0.15) is 0 Å². The zero-order chi connectivity index (χ0) is 12.7. The smallest absolute Gasteiger partial charge is 0.236 e. The van der Waals surface area contributed by atoms with Crippen LogP contribution in [0.3, 0.4) is 0 Å². The first-order chi connectivity index (χ1) is 8.15. The molecule has 0 aliphatic rings. The molecule has 1 aromatic heterocycles. The van der Waals surface area contributed by atoms with Gasteiger partial charge in [-0.1, -0.05) is 0 Å². The molecule has 0 aromatic carbocycles. The molecule has 0 spiro atoms. The second-order valence-corrected chi connectivity index (χ2v) is 3.74. The van der Waals surface area contributed by atoms with Crippen LogP contribution in [0.25, 0.3) is 0 Å². The molecule has 96 valence electrons. The molecular formula is C10H19N5O2. The number of nitrogens with one attached hydrogen (secondary N) is 2. The van der Waals surface area contributed by atoms with E-state index in [0.717, 1.165) is 5.82 Å². The van der Waals surface area contributed by atoms with Crippen LogP contribution in [-0.2, 0) is 23.1 Å². The Hall–Kier alpha value is -1.47. The van der Waals surface area contributed by atoms with Crippen molar-refractivity contribution < 1.29 is 9.53 Å². The van der Waals surface area contributed by atoms with Crippen molar-refractivity contribution in [1.82, 2.24) is 25.4 Å². The zero-order valence-corrected chi connectivity index (χ0v) is 10.4. The predicted octanol–water partition coefficient (Wildman–Crippen LogP) is -0.944. The maximum Gasteiger partial charge on any atom is 0.236 e. The van der Waals surface area contributed by atoms with Crippen LogP contribution in [0.2, 0.25) is 0 Å². The Morgan fingerprint density at radius 3 is 3.00 bits per heavy atom. The highest BCUT2D eigenvalue weighted by atomic mass is 16.5. The maximum atomic E-state index is 11.6. The summed E-state index contributed by atoms with van der Waals surface area (Å²) in [5.74, 6) is 0.741. The molecule has 0 saturated heterocycles. The van der Waals surface area contributed by atoms with Crippen LogP contribution >= 0.6 is 0 Å². The summed E-state index contributed by atoms with van der Waals surface area (Å²) in [5, 5.41) is 13.5. The van der Waals surface area contributed by atoms with E-state index < -0.39 is 0 Å². The standard InChI is InChI=1S/C10H19N5O2/c1-8(10(16)11-4-5-17-3)12-6-9-14-13-7-15(9)2/h7-8,12H,4-6H2,1-3H3,(H,11,16). The average molecular weight is 241 g/mol. The molecule has 0 bridgehead atoms. The van der Waals surface area contributed by atoms with Crippen LogP contribution in [0.5, 0.6) is 0 Å². The molecule has 1 aromatic rings. The van der Waals surface area contributed by atoms with Crippen LogP contribution in [0.1, 0.15) is 12.7 Å². The van der Waals surface area contributed by atoms with Gasteiger partial charge in [0, 0.05) is 20.7 Å². The van der Waals surface area contributed by atoms with Crippen molar-refractivity contribution in [3.8, 4) is 0 Å². The molecule has 1 atom stereocenters. The Bertz CT molecular complexity index is 352. The number of carbonyl (C=O) groups is 1. The first-order valence-corrected chi connectivity index (χ1v) is 5.48. The highest BCUT2D eigenvalue weighted by Gasteiger charge is 2.12. The number of ether oxygens (including phenoxy) is 1. The van der Waals surface area contributed by atoms with E-state index in [0.29, 0.717) is 19.7 Å². The van der Waals surface area contributed by atoms with Gasteiger partial charge in [0.15, 0.2) is 0 Å². The number of aromatic nitrogens is 3. The van der Waals surface area contributed by atoms with Gasteiger partial charge in [0.25, 0.3) is 0 Å². The molecule has 1 heterocycles. The van der Waals surface area contributed by atoms with Gasteiger partial charge in [-0.25, -0.2) is 0 Å². The summed E-state index contributed by atoms with van der Waals surface area (Å²) >= 11 is 0. The van der Waals surface area contributed by atoms with Gasteiger partial charge in [0.1, 0.15) is 12.2 Å². The number of carbonyl (C=O) groups excluding carboxylic acids is 1. The molecule has 1 amide bonds. The first-order valence-electron chi connectivity index (χ1n) is 5.48. The maximum absolute atomic E-state index is 11.6. The molecule has 2 N–H and O–H groups in total. The van der Waals surface area contributed by atoms with E-state index in [1.807, 2.05) is 11.6 Å². The van der Waals surface area contributed by atoms with Gasteiger partial charge in [0.2, 0.25) is 5.91 Å². The van der Waals surface area contributed by atoms with Crippen LogP contribution < -0.4 is 10.6 Å². The monoisotopic (exact) mass is 241 g/mol. The lowest BCUT2D eigenvalue weighted by atomic mass is 10.3. The summed E-state index contributed by atoms with van der Waals surface area (Å²) in [6.45, 7) is 3.35. The Morgan fingerprint density at radius 2 is 2.41 bits per heavy atom. The molecule has 0 fully saturated rings. The van der Waals surface area contributed by atoms with E-state index >= 15 is 0 Å². The van der Waals surface area contributed by atoms with Gasteiger partial charge in [-0.3, -0.25) is 10.1 Å². The lowest BCUT2D eigenvalue weighted by Crippen LogP contribution is -2.43. The quantitative estimate of drug-likeness (QED) is 0.602. The zero-order valence-electron chi connectivity index (χ0n) is 10.4. The van der Waals surface area contributed by atoms with Crippen molar-refractivity contribution in [2.75, 3.05) is 20.3 Å². The Kier molecular flexibility index (Phi) is 5.58. The fourth-order valence-corrected chi connectivity index (χ4v) is 1.23. The molecule has 7 heteroatoms. The predicted molar refractivity (Wildman–Crippen MR) is 62.2 cm³/mol. The number of hydrogen-bond acceptors (Lipinski definition) is 5. The van der Waals surface area contributed by atoms with Crippen molar-refractivity contribution in [2.45, 2.75) is 19.5 Å². The molecule has 7 nitrogen and oxygen atoms in total. The molecule has 17 heavy (non-hydrogen) atoms. The van der Waals surface area contributed by atoms with Crippen LogP contribution in [-0.4, -0.2) is 47.0 Å². The summed E-state index contributed by atoms with van der Waals surface area (Å²) in [5.41, 5.74) is 0. The van der Waals surface area contributed by atoms with E-state index in [4.69, 9.17) is 4.74 Å². The molecular weight excluding hydrogens is 222 g/mol. The van der Waals surface area contributed by atoms with Crippen molar-refractivity contribution in [1.29, 1.82) is 0 Å². The molecule has 0 radical (unpaired) electrons. The third kappa shape index (κ3) is 4.49. The minimum absolute atomic E-state index is 0.0516. The van der Waals surface area contributed by atoms with Crippen LogP contribution in [0.15, 0.2) is 6.33 Å². The fraction of sp³-hybridized carbons (Fsp3) is 0.700. The van der Waals surface area contributed by atoms with Gasteiger partial charge >= 0.3 is 0 Å². The average Bonchev–Trinajstić information content (AvgIpc) is 2.72. The van der Waals surface area contributed by atoms with E-state index in [9.17, 15) is 4.79 Å². The van der Waals surface area contributed by atoms with Gasteiger partial charge in [0.05, 0.1) is 19.2 Å². The van der Waals surface area contributed by atoms with Gasteiger partial charge in [-0.15, -0.1) is 10.2 Å². The second-order valence-electron chi connectivity index (χ2n) is 3.74. The summed E-state index contributed by atoms with van der Waals surface area (Å²) < 4.78 is 6.66. The largest absolute Gasteiger partial charge is 0.383 e. The Morgan fingerprint density at radius 1 is 1.65 bits per heavy atom. The third-order valence-corrected chi connectivity index (χ3v) is 2.37. The van der Waals surface area contributed by atoms with Gasteiger partial charge in [-0.05, 0) is 6.92 Å². The summed E-state index contributed by atoms with van der Waals surface area (Å²) in [6.07, 6.45) is 1.63. The molecule has 0 aliphatic carbocycles. The van der Waals surface area contributed by atoms with Gasteiger partial charge < -0.3 is 14.6 Å². The van der Waals surface area contributed by atoms with Crippen LogP contribution in [0, 0.1) is 0 Å². The summed E-state index contributed by atoms with van der Waals surface area (Å²) in [6, 6.07) is -0.274. The summed E-state index contributed by atoms with van der Waals surface area (Å²) in [7, 11) is 3.46. The van der Waals surface area contributed by atoms with Crippen molar-refractivity contribution >= 4 is 5.91 Å².